The second-order valence-electron chi connectivity index (χ2n) is 4.88. The third-order valence-electron chi connectivity index (χ3n) is 3.15. The third-order valence-corrected chi connectivity index (χ3v) is 3.15. The summed E-state index contributed by atoms with van der Waals surface area (Å²) in [5, 5.41) is 37.3. The van der Waals surface area contributed by atoms with Crippen molar-refractivity contribution < 1.29 is 19.7 Å². The Kier molecular flexibility index (Phi) is 4.73. The standard InChI is InChI=1S/C13H13N5O6/c1-8-11(18(23)24)7-16(15-8)5-4-13(20)14-10-3-2-9(17(21)22)6-12(10)19/h2-3,6-7,19H,4-5H2,1H3,(H,14,20). The van der Waals surface area contributed by atoms with Gasteiger partial charge in [-0.15, -0.1) is 0 Å². The lowest BCUT2D eigenvalue weighted by Gasteiger charge is -2.07. The molecule has 0 saturated heterocycles. The molecule has 0 fully saturated rings. The maximum absolute atomic E-state index is 11.9. The molecule has 1 aromatic carbocycles. The van der Waals surface area contributed by atoms with Crippen LogP contribution in [-0.4, -0.2) is 30.6 Å². The fraction of sp³-hybridized carbons (Fsp3) is 0.231. The number of hydrogen-bond acceptors (Lipinski definition) is 7. The van der Waals surface area contributed by atoms with Crippen molar-refractivity contribution in [1.82, 2.24) is 9.78 Å². The summed E-state index contributed by atoms with van der Waals surface area (Å²) < 4.78 is 1.28. The van der Waals surface area contributed by atoms with Gasteiger partial charge in [-0.05, 0) is 13.0 Å². The van der Waals surface area contributed by atoms with E-state index >= 15 is 0 Å². The number of anilines is 1. The van der Waals surface area contributed by atoms with Crippen LogP contribution >= 0.6 is 0 Å². The number of aromatic nitrogens is 2. The van der Waals surface area contributed by atoms with Crippen LogP contribution in [0.3, 0.4) is 0 Å². The van der Waals surface area contributed by atoms with Crippen LogP contribution in [0, 0.1) is 27.2 Å². The van der Waals surface area contributed by atoms with E-state index in [-0.39, 0.29) is 35.7 Å². The number of carbonyl (C=O) groups excluding carboxylic acids is 1. The lowest BCUT2D eigenvalue weighted by atomic mass is 10.2. The molecule has 126 valence electrons. The van der Waals surface area contributed by atoms with Gasteiger partial charge in [-0.1, -0.05) is 0 Å². The molecule has 1 amide bonds. The number of nitrogens with zero attached hydrogens (tertiary/aromatic N) is 4. The third kappa shape index (κ3) is 3.82. The van der Waals surface area contributed by atoms with Crippen LogP contribution in [0.1, 0.15) is 12.1 Å². The van der Waals surface area contributed by atoms with Crippen molar-refractivity contribution in [2.75, 3.05) is 5.32 Å². The van der Waals surface area contributed by atoms with E-state index < -0.39 is 21.5 Å². The van der Waals surface area contributed by atoms with E-state index in [1.165, 1.54) is 23.9 Å². The van der Waals surface area contributed by atoms with Crippen LogP contribution in [0.4, 0.5) is 17.1 Å². The van der Waals surface area contributed by atoms with Crippen molar-refractivity contribution in [3.63, 3.8) is 0 Å². The Morgan fingerprint density at radius 3 is 2.58 bits per heavy atom. The number of hydrogen-bond donors (Lipinski definition) is 2. The zero-order valence-corrected chi connectivity index (χ0v) is 12.5. The molecule has 0 saturated carbocycles. The van der Waals surface area contributed by atoms with Gasteiger partial charge in [-0.2, -0.15) is 5.10 Å². The molecule has 0 bridgehead atoms. The van der Waals surface area contributed by atoms with E-state index in [9.17, 15) is 30.1 Å². The van der Waals surface area contributed by atoms with Crippen molar-refractivity contribution in [2.45, 2.75) is 19.9 Å². The number of nitro benzene ring substituents is 1. The van der Waals surface area contributed by atoms with Gasteiger partial charge in [0.2, 0.25) is 5.91 Å². The number of benzene rings is 1. The number of nitrogens with one attached hydrogen (secondary N) is 1. The van der Waals surface area contributed by atoms with Crippen molar-refractivity contribution in [1.29, 1.82) is 0 Å². The van der Waals surface area contributed by atoms with E-state index in [0.717, 1.165) is 12.1 Å². The highest BCUT2D eigenvalue weighted by Crippen LogP contribution is 2.27. The molecule has 0 radical (unpaired) electrons. The lowest BCUT2D eigenvalue weighted by Crippen LogP contribution is -2.15. The Morgan fingerprint density at radius 1 is 1.33 bits per heavy atom. The zero-order chi connectivity index (χ0) is 17.9. The SMILES string of the molecule is Cc1nn(CCC(=O)Nc2ccc([N+](=O)[O-])cc2O)cc1[N+](=O)[O-]. The Balaban J connectivity index is 1.97. The van der Waals surface area contributed by atoms with Crippen molar-refractivity contribution in [3.8, 4) is 5.75 Å². The second kappa shape index (κ2) is 6.73. The van der Waals surface area contributed by atoms with Gasteiger partial charge in [0.15, 0.2) is 0 Å². The molecule has 2 N–H and O–H groups in total. The number of rotatable bonds is 6. The van der Waals surface area contributed by atoms with Gasteiger partial charge >= 0.3 is 5.69 Å². The summed E-state index contributed by atoms with van der Waals surface area (Å²) in [6.45, 7) is 1.60. The monoisotopic (exact) mass is 335 g/mol. The molecular weight excluding hydrogens is 322 g/mol. The summed E-state index contributed by atoms with van der Waals surface area (Å²) in [5.41, 5.74) is -0.158. The number of non-ortho nitro benzene ring substituents is 1. The van der Waals surface area contributed by atoms with Gasteiger partial charge in [0.1, 0.15) is 17.6 Å². The molecule has 1 aromatic heterocycles. The molecule has 0 atom stereocenters. The number of aromatic hydroxyl groups is 1. The topological polar surface area (TPSA) is 153 Å². The summed E-state index contributed by atoms with van der Waals surface area (Å²) in [6, 6.07) is 3.29. The Labute approximate surface area is 134 Å². The second-order valence-corrected chi connectivity index (χ2v) is 4.88. The first-order chi connectivity index (χ1) is 11.3. The van der Waals surface area contributed by atoms with Crippen LogP contribution < -0.4 is 5.32 Å². The minimum Gasteiger partial charge on any atom is -0.506 e. The molecule has 0 spiro atoms. The fourth-order valence-electron chi connectivity index (χ4n) is 1.97. The van der Waals surface area contributed by atoms with E-state index in [2.05, 4.69) is 10.4 Å². The minimum absolute atomic E-state index is 0.0354. The molecule has 0 unspecified atom stereocenters. The van der Waals surface area contributed by atoms with Crippen molar-refractivity contribution in [3.05, 3.63) is 50.3 Å². The van der Waals surface area contributed by atoms with Crippen molar-refractivity contribution >= 4 is 23.0 Å². The highest BCUT2D eigenvalue weighted by atomic mass is 16.6. The van der Waals surface area contributed by atoms with E-state index in [1.807, 2.05) is 0 Å². The predicted molar refractivity (Wildman–Crippen MR) is 81.6 cm³/mol. The molecule has 0 aliphatic rings. The van der Waals surface area contributed by atoms with E-state index in [0.29, 0.717) is 0 Å². The Hall–Kier alpha value is -3.50. The average molecular weight is 335 g/mol. The maximum Gasteiger partial charge on any atom is 0.309 e. The molecule has 0 aliphatic carbocycles. The number of aryl methyl sites for hydroxylation is 2. The van der Waals surface area contributed by atoms with Crippen LogP contribution in [0.25, 0.3) is 0 Å². The number of carbonyl (C=O) groups is 1. The van der Waals surface area contributed by atoms with Crippen LogP contribution in [0.5, 0.6) is 5.75 Å². The maximum atomic E-state index is 11.9. The first-order valence-electron chi connectivity index (χ1n) is 6.73. The van der Waals surface area contributed by atoms with E-state index in [4.69, 9.17) is 0 Å². The van der Waals surface area contributed by atoms with Crippen LogP contribution in [0.15, 0.2) is 24.4 Å². The number of phenols is 1. The first kappa shape index (κ1) is 16.9. The highest BCUT2D eigenvalue weighted by Gasteiger charge is 2.16. The zero-order valence-electron chi connectivity index (χ0n) is 12.5. The lowest BCUT2D eigenvalue weighted by molar-refractivity contribution is -0.385. The summed E-state index contributed by atoms with van der Waals surface area (Å²) >= 11 is 0. The molecule has 11 heteroatoms. The van der Waals surface area contributed by atoms with E-state index in [1.54, 1.807) is 0 Å². The van der Waals surface area contributed by atoms with Gasteiger partial charge in [0.25, 0.3) is 5.69 Å². The minimum atomic E-state index is -0.668. The highest BCUT2D eigenvalue weighted by molar-refractivity contribution is 5.92. The molecule has 2 aromatic rings. The number of phenolic OH excluding ortho intramolecular Hbond substituents is 1. The van der Waals surface area contributed by atoms with Crippen LogP contribution in [-0.2, 0) is 11.3 Å². The molecule has 2 rings (SSSR count). The van der Waals surface area contributed by atoms with Gasteiger partial charge in [0.05, 0.1) is 21.6 Å². The van der Waals surface area contributed by atoms with Crippen molar-refractivity contribution in [2.24, 2.45) is 0 Å². The quantitative estimate of drug-likeness (QED) is 0.463. The fourth-order valence-corrected chi connectivity index (χ4v) is 1.97. The summed E-state index contributed by atoms with van der Waals surface area (Å²) in [5.74, 6) is -0.905. The molecular formula is C13H13N5O6. The molecule has 0 aliphatic heterocycles. The van der Waals surface area contributed by atoms with Crippen LogP contribution in [0.2, 0.25) is 0 Å². The Bertz CT molecular complexity index is 815. The number of nitro groups is 2. The predicted octanol–water partition coefficient (Wildman–Crippen LogP) is 1.74. The summed E-state index contributed by atoms with van der Waals surface area (Å²) in [4.78, 5) is 31.9. The average Bonchev–Trinajstić information content (AvgIpc) is 2.88. The first-order valence-corrected chi connectivity index (χ1v) is 6.73. The molecule has 1 heterocycles. The molecule has 24 heavy (non-hydrogen) atoms. The summed E-state index contributed by atoms with van der Waals surface area (Å²) in [7, 11) is 0. The van der Waals surface area contributed by atoms with Gasteiger partial charge in [0, 0.05) is 19.0 Å². The largest absolute Gasteiger partial charge is 0.506 e. The smallest absolute Gasteiger partial charge is 0.309 e. The van der Waals surface area contributed by atoms with Gasteiger partial charge in [-0.3, -0.25) is 29.7 Å². The number of amides is 1. The Morgan fingerprint density at radius 2 is 2.04 bits per heavy atom. The normalized spacial score (nSPS) is 10.4. The van der Waals surface area contributed by atoms with Gasteiger partial charge in [-0.25, -0.2) is 0 Å². The van der Waals surface area contributed by atoms with Gasteiger partial charge < -0.3 is 10.4 Å². The summed E-state index contributed by atoms with van der Waals surface area (Å²) in [6.07, 6.45) is 1.18. The molecule has 11 nitrogen and oxygen atoms in total.